The smallest absolute Gasteiger partial charge is 0.345 e. The molecule has 1 unspecified atom stereocenters. The number of para-hydroxylation sites is 1. The fraction of sp³-hybridized carbons (Fsp3) is 0.143. The number of ether oxygens (including phenoxy) is 1. The lowest BCUT2D eigenvalue weighted by Gasteiger charge is -2.24. The summed E-state index contributed by atoms with van der Waals surface area (Å²) in [5, 5.41) is 4.87. The Morgan fingerprint density at radius 2 is 2.05 bits per heavy atom. The molecule has 2 heterocycles. The highest BCUT2D eigenvalue weighted by molar-refractivity contribution is 7.10. The average molecular weight is 273 g/mol. The normalized spacial score (nSPS) is 20.8. The maximum Gasteiger partial charge on any atom is 0.345 e. The van der Waals surface area contributed by atoms with E-state index in [0.717, 1.165) is 0 Å². The minimum absolute atomic E-state index is 0.266. The van der Waals surface area contributed by atoms with E-state index in [1.807, 2.05) is 17.5 Å². The molecule has 0 saturated carbocycles. The van der Waals surface area contributed by atoms with Gasteiger partial charge in [0.05, 0.1) is 7.11 Å². The third-order valence-electron chi connectivity index (χ3n) is 3.22. The van der Waals surface area contributed by atoms with Gasteiger partial charge >= 0.3 is 5.97 Å². The lowest BCUT2D eigenvalue weighted by Crippen LogP contribution is -2.46. The van der Waals surface area contributed by atoms with Gasteiger partial charge < -0.3 is 10.1 Å². The van der Waals surface area contributed by atoms with Crippen LogP contribution in [0.2, 0.25) is 0 Å². The van der Waals surface area contributed by atoms with E-state index < -0.39 is 11.5 Å². The van der Waals surface area contributed by atoms with Gasteiger partial charge in [0.2, 0.25) is 11.3 Å². The first-order valence-corrected chi connectivity index (χ1v) is 6.62. The van der Waals surface area contributed by atoms with E-state index in [1.165, 1.54) is 18.4 Å². The molecule has 1 aromatic carbocycles. The molecular weight excluding hydrogens is 262 g/mol. The second-order valence-corrected chi connectivity index (χ2v) is 5.17. The number of hydrogen-bond acceptors (Lipinski definition) is 5. The summed E-state index contributed by atoms with van der Waals surface area (Å²) in [7, 11) is 1.29. The van der Waals surface area contributed by atoms with Crippen molar-refractivity contribution < 1.29 is 14.3 Å². The van der Waals surface area contributed by atoms with Crippen molar-refractivity contribution in [1.82, 2.24) is 0 Å². The van der Waals surface area contributed by atoms with Crippen LogP contribution in [0.4, 0.5) is 5.69 Å². The summed E-state index contributed by atoms with van der Waals surface area (Å²) >= 11 is 1.35. The Morgan fingerprint density at radius 3 is 2.68 bits per heavy atom. The molecule has 0 saturated heterocycles. The summed E-state index contributed by atoms with van der Waals surface area (Å²) in [6.07, 6.45) is 0. The minimum atomic E-state index is -1.44. The van der Waals surface area contributed by atoms with Gasteiger partial charge in [0, 0.05) is 16.1 Å². The van der Waals surface area contributed by atoms with Crippen LogP contribution in [0.15, 0.2) is 41.8 Å². The average Bonchev–Trinajstić information content (AvgIpc) is 3.06. The van der Waals surface area contributed by atoms with E-state index in [-0.39, 0.29) is 5.78 Å². The largest absolute Gasteiger partial charge is 0.467 e. The molecule has 96 valence electrons. The monoisotopic (exact) mass is 273 g/mol. The highest BCUT2D eigenvalue weighted by Gasteiger charge is 2.54. The number of benzene rings is 1. The van der Waals surface area contributed by atoms with Crippen molar-refractivity contribution in [3.63, 3.8) is 0 Å². The number of methoxy groups -OCH3 is 1. The fourth-order valence-electron chi connectivity index (χ4n) is 2.31. The Labute approximate surface area is 114 Å². The van der Waals surface area contributed by atoms with Crippen LogP contribution in [0.5, 0.6) is 0 Å². The van der Waals surface area contributed by atoms with Gasteiger partial charge in [-0.15, -0.1) is 11.3 Å². The molecule has 19 heavy (non-hydrogen) atoms. The van der Waals surface area contributed by atoms with Crippen LogP contribution in [0, 0.1) is 0 Å². The molecule has 0 fully saturated rings. The van der Waals surface area contributed by atoms with Crippen molar-refractivity contribution in [2.45, 2.75) is 5.54 Å². The minimum Gasteiger partial charge on any atom is -0.467 e. The number of Topliss-reactive ketones (excluding diaryl/α,β-unsaturated/α-hetero) is 1. The molecule has 0 aliphatic carbocycles. The number of esters is 1. The summed E-state index contributed by atoms with van der Waals surface area (Å²) in [6.45, 7) is 0. The third-order valence-corrected chi connectivity index (χ3v) is 4.21. The van der Waals surface area contributed by atoms with Crippen LogP contribution in [-0.4, -0.2) is 18.9 Å². The van der Waals surface area contributed by atoms with Gasteiger partial charge in [-0.3, -0.25) is 4.79 Å². The second kappa shape index (κ2) is 4.20. The molecule has 0 radical (unpaired) electrons. The number of nitrogens with one attached hydrogen (secondary N) is 1. The van der Waals surface area contributed by atoms with Crippen molar-refractivity contribution in [2.75, 3.05) is 12.4 Å². The van der Waals surface area contributed by atoms with E-state index in [4.69, 9.17) is 4.74 Å². The van der Waals surface area contributed by atoms with Crippen LogP contribution >= 0.6 is 11.3 Å². The number of rotatable bonds is 2. The van der Waals surface area contributed by atoms with E-state index in [1.54, 1.807) is 24.3 Å². The van der Waals surface area contributed by atoms with E-state index in [9.17, 15) is 9.59 Å². The Balaban J connectivity index is 2.20. The van der Waals surface area contributed by atoms with E-state index in [0.29, 0.717) is 16.1 Å². The van der Waals surface area contributed by atoms with Crippen LogP contribution < -0.4 is 5.32 Å². The van der Waals surface area contributed by atoms with E-state index >= 15 is 0 Å². The van der Waals surface area contributed by atoms with Crippen molar-refractivity contribution in [1.29, 1.82) is 0 Å². The summed E-state index contributed by atoms with van der Waals surface area (Å²) < 4.78 is 4.85. The first kappa shape index (κ1) is 11.9. The van der Waals surface area contributed by atoms with Crippen molar-refractivity contribution in [2.24, 2.45) is 0 Å². The summed E-state index contributed by atoms with van der Waals surface area (Å²) in [5.74, 6) is -0.853. The fourth-order valence-corrected chi connectivity index (χ4v) is 3.18. The zero-order valence-electron chi connectivity index (χ0n) is 10.2. The number of fused-ring (bicyclic) bond motifs is 1. The van der Waals surface area contributed by atoms with Crippen molar-refractivity contribution in [3.05, 3.63) is 52.2 Å². The van der Waals surface area contributed by atoms with Gasteiger partial charge in [0.25, 0.3) is 0 Å². The maximum atomic E-state index is 12.7. The van der Waals surface area contributed by atoms with Gasteiger partial charge in [0.1, 0.15) is 0 Å². The van der Waals surface area contributed by atoms with Crippen molar-refractivity contribution >= 4 is 28.8 Å². The van der Waals surface area contributed by atoms with Crippen LogP contribution in [0.25, 0.3) is 0 Å². The molecule has 0 amide bonds. The molecule has 5 heteroatoms. The number of thiophene rings is 1. The number of carbonyl (C=O) groups is 2. The van der Waals surface area contributed by atoms with Gasteiger partial charge in [-0.25, -0.2) is 4.79 Å². The zero-order valence-corrected chi connectivity index (χ0v) is 11.0. The SMILES string of the molecule is COC(=O)C1(c2cccs2)Nc2ccccc2C1=O. The van der Waals surface area contributed by atoms with Crippen LogP contribution in [0.3, 0.4) is 0 Å². The molecule has 0 spiro atoms. The van der Waals surface area contributed by atoms with Gasteiger partial charge in [-0.05, 0) is 23.6 Å². The van der Waals surface area contributed by atoms with E-state index in [2.05, 4.69) is 5.32 Å². The highest BCUT2D eigenvalue weighted by atomic mass is 32.1. The number of ketones is 1. The quantitative estimate of drug-likeness (QED) is 0.674. The Bertz CT molecular complexity index is 650. The van der Waals surface area contributed by atoms with Crippen LogP contribution in [-0.2, 0) is 15.1 Å². The number of anilines is 1. The molecule has 2 aromatic rings. The molecule has 1 aliphatic rings. The summed E-state index contributed by atoms with van der Waals surface area (Å²) in [6, 6.07) is 10.7. The molecule has 0 bridgehead atoms. The second-order valence-electron chi connectivity index (χ2n) is 4.22. The molecule has 4 nitrogen and oxygen atoms in total. The Morgan fingerprint density at radius 1 is 1.26 bits per heavy atom. The molecule has 1 aromatic heterocycles. The molecule has 1 aliphatic heterocycles. The number of hydrogen-bond donors (Lipinski definition) is 1. The summed E-state index contributed by atoms with van der Waals surface area (Å²) in [5.41, 5.74) is -0.264. The molecule has 1 atom stereocenters. The van der Waals surface area contributed by atoms with Gasteiger partial charge in [-0.2, -0.15) is 0 Å². The van der Waals surface area contributed by atoms with Gasteiger partial charge in [0.15, 0.2) is 0 Å². The molecular formula is C14H11NO3S. The zero-order chi connectivity index (χ0) is 13.5. The van der Waals surface area contributed by atoms with Gasteiger partial charge in [-0.1, -0.05) is 18.2 Å². The molecule has 1 N–H and O–H groups in total. The first-order valence-electron chi connectivity index (χ1n) is 5.74. The first-order chi connectivity index (χ1) is 9.20. The highest BCUT2D eigenvalue weighted by Crippen LogP contribution is 2.41. The Hall–Kier alpha value is -2.14. The number of carbonyl (C=O) groups excluding carboxylic acids is 2. The topological polar surface area (TPSA) is 55.4 Å². The third kappa shape index (κ3) is 1.51. The predicted octanol–water partition coefficient (Wildman–Crippen LogP) is 2.42. The van der Waals surface area contributed by atoms with Crippen molar-refractivity contribution in [3.8, 4) is 0 Å². The van der Waals surface area contributed by atoms with Crippen LogP contribution in [0.1, 0.15) is 15.2 Å². The Kier molecular flexibility index (Phi) is 2.64. The standard InChI is InChI=1S/C14H11NO3S/c1-18-13(17)14(11-7-4-8-19-11)12(16)9-5-2-3-6-10(9)15-14/h2-8,15H,1H3. The predicted molar refractivity (Wildman–Crippen MR) is 72.4 cm³/mol. The summed E-state index contributed by atoms with van der Waals surface area (Å²) in [4.78, 5) is 25.5. The lowest BCUT2D eigenvalue weighted by molar-refractivity contribution is -0.144. The lowest BCUT2D eigenvalue weighted by atomic mass is 9.92. The molecule has 3 rings (SSSR count). The maximum absolute atomic E-state index is 12.7.